The molecule has 0 aliphatic rings. The first kappa shape index (κ1) is 18.1. The van der Waals surface area contributed by atoms with Gasteiger partial charge in [0.25, 0.3) is 10.0 Å². The van der Waals surface area contributed by atoms with Crippen LogP contribution in [-0.2, 0) is 21.3 Å². The van der Waals surface area contributed by atoms with E-state index >= 15 is 0 Å². The summed E-state index contributed by atoms with van der Waals surface area (Å²) < 4.78 is 32.3. The van der Waals surface area contributed by atoms with Crippen molar-refractivity contribution in [2.24, 2.45) is 5.92 Å². The van der Waals surface area contributed by atoms with Crippen LogP contribution in [-0.4, -0.2) is 45.4 Å². The molecule has 122 valence electrons. The van der Waals surface area contributed by atoms with Crippen LogP contribution < -0.4 is 10.0 Å². The van der Waals surface area contributed by atoms with E-state index in [0.29, 0.717) is 25.3 Å². The summed E-state index contributed by atoms with van der Waals surface area (Å²) in [6.07, 6.45) is 0.992. The third-order valence-corrected chi connectivity index (χ3v) is 4.49. The maximum atomic E-state index is 12.3. The Balaban J connectivity index is 2.78. The van der Waals surface area contributed by atoms with E-state index in [1.807, 2.05) is 13.8 Å². The summed E-state index contributed by atoms with van der Waals surface area (Å²) in [5.41, 5.74) is 1.46. The molecule has 0 saturated carbocycles. The number of rotatable bonds is 10. The molecule has 1 atom stereocenters. The monoisotopic (exact) mass is 318 g/mol. The molecule has 0 fully saturated rings. The minimum atomic E-state index is -3.61. The number of sulfonamides is 1. The minimum Gasteiger partial charge on any atom is -0.384 e. The number of hydrogen-bond donors (Lipinski definition) is 3. The third kappa shape index (κ3) is 5.39. The number of nitrogens with one attached hydrogen (secondary N) is 3. The van der Waals surface area contributed by atoms with Gasteiger partial charge in [0.2, 0.25) is 0 Å². The standard InChI is InChI=1S/C13H26N4O3S/c1-5-6-14-8-12-11(3)16-17-13(12)21(18,19)15-7-10(2)9-20-4/h10,14-15H,5-9H2,1-4H3,(H,16,17). The molecule has 0 aliphatic heterocycles. The van der Waals surface area contributed by atoms with Gasteiger partial charge in [0.15, 0.2) is 5.03 Å². The van der Waals surface area contributed by atoms with Gasteiger partial charge in [-0.3, -0.25) is 5.10 Å². The highest BCUT2D eigenvalue weighted by Gasteiger charge is 2.23. The summed E-state index contributed by atoms with van der Waals surface area (Å²) in [6.45, 7) is 7.96. The SMILES string of the molecule is CCCNCc1c(S(=O)(=O)NCC(C)COC)n[nH]c1C. The molecule has 21 heavy (non-hydrogen) atoms. The van der Waals surface area contributed by atoms with Crippen molar-refractivity contribution in [3.8, 4) is 0 Å². The van der Waals surface area contributed by atoms with Crippen LogP contribution in [0.4, 0.5) is 0 Å². The highest BCUT2D eigenvalue weighted by molar-refractivity contribution is 7.89. The molecule has 1 aromatic rings. The van der Waals surface area contributed by atoms with Gasteiger partial charge in [-0.1, -0.05) is 13.8 Å². The van der Waals surface area contributed by atoms with Crippen LogP contribution in [0.5, 0.6) is 0 Å². The Morgan fingerprint density at radius 1 is 1.43 bits per heavy atom. The van der Waals surface area contributed by atoms with E-state index in [9.17, 15) is 8.42 Å². The fraction of sp³-hybridized carbons (Fsp3) is 0.769. The van der Waals surface area contributed by atoms with Crippen molar-refractivity contribution in [1.82, 2.24) is 20.2 Å². The normalized spacial score (nSPS) is 13.5. The molecule has 3 N–H and O–H groups in total. The molecule has 0 spiro atoms. The smallest absolute Gasteiger partial charge is 0.260 e. The van der Waals surface area contributed by atoms with Crippen molar-refractivity contribution in [2.75, 3.05) is 26.8 Å². The highest BCUT2D eigenvalue weighted by Crippen LogP contribution is 2.16. The fourth-order valence-corrected chi connectivity index (χ4v) is 3.27. The molecule has 7 nitrogen and oxygen atoms in total. The number of aromatic nitrogens is 2. The number of hydrogen-bond acceptors (Lipinski definition) is 5. The van der Waals surface area contributed by atoms with E-state index in [-0.39, 0.29) is 10.9 Å². The maximum Gasteiger partial charge on any atom is 0.260 e. The average Bonchev–Trinajstić information content (AvgIpc) is 2.80. The van der Waals surface area contributed by atoms with E-state index in [1.165, 1.54) is 0 Å². The van der Waals surface area contributed by atoms with Crippen molar-refractivity contribution in [2.45, 2.75) is 38.8 Å². The zero-order valence-electron chi connectivity index (χ0n) is 13.2. The summed E-state index contributed by atoms with van der Waals surface area (Å²) in [6, 6.07) is 0. The number of aromatic amines is 1. The van der Waals surface area contributed by atoms with E-state index in [4.69, 9.17) is 4.74 Å². The van der Waals surface area contributed by atoms with Crippen LogP contribution >= 0.6 is 0 Å². The van der Waals surface area contributed by atoms with Gasteiger partial charge < -0.3 is 10.1 Å². The maximum absolute atomic E-state index is 12.3. The molecule has 0 aromatic carbocycles. The lowest BCUT2D eigenvalue weighted by molar-refractivity contribution is 0.161. The van der Waals surface area contributed by atoms with Gasteiger partial charge in [0.1, 0.15) is 0 Å². The molecule has 1 aromatic heterocycles. The second-order valence-electron chi connectivity index (χ2n) is 5.22. The molecule has 0 bridgehead atoms. The number of nitrogens with zero attached hydrogens (tertiary/aromatic N) is 1. The predicted molar refractivity (Wildman–Crippen MR) is 81.6 cm³/mol. The molecule has 1 heterocycles. The lowest BCUT2D eigenvalue weighted by atomic mass is 10.2. The first-order valence-corrected chi connectivity index (χ1v) is 8.63. The zero-order valence-corrected chi connectivity index (χ0v) is 14.0. The Bertz CT molecular complexity index is 528. The van der Waals surface area contributed by atoms with Crippen LogP contribution in [0.1, 0.15) is 31.5 Å². The predicted octanol–water partition coefficient (Wildman–Crippen LogP) is 0.779. The Labute approximate surface area is 126 Å². The number of H-pyrrole nitrogens is 1. The van der Waals surface area contributed by atoms with Crippen LogP contribution in [0.25, 0.3) is 0 Å². The quantitative estimate of drug-likeness (QED) is 0.554. The van der Waals surface area contributed by atoms with Gasteiger partial charge in [-0.2, -0.15) is 5.10 Å². The Morgan fingerprint density at radius 3 is 2.76 bits per heavy atom. The molecule has 0 radical (unpaired) electrons. The van der Waals surface area contributed by atoms with Crippen molar-refractivity contribution in [1.29, 1.82) is 0 Å². The largest absolute Gasteiger partial charge is 0.384 e. The van der Waals surface area contributed by atoms with E-state index in [0.717, 1.165) is 18.7 Å². The second-order valence-corrected chi connectivity index (χ2v) is 6.90. The molecule has 0 amide bonds. The first-order valence-electron chi connectivity index (χ1n) is 7.15. The number of ether oxygens (including phenoxy) is 1. The van der Waals surface area contributed by atoms with Crippen molar-refractivity contribution >= 4 is 10.0 Å². The lowest BCUT2D eigenvalue weighted by Gasteiger charge is -2.12. The van der Waals surface area contributed by atoms with Gasteiger partial charge in [-0.15, -0.1) is 0 Å². The molecular formula is C13H26N4O3S. The van der Waals surface area contributed by atoms with E-state index < -0.39 is 10.0 Å². The molecule has 0 saturated heterocycles. The highest BCUT2D eigenvalue weighted by atomic mass is 32.2. The van der Waals surface area contributed by atoms with Gasteiger partial charge in [0, 0.05) is 38.1 Å². The summed E-state index contributed by atoms with van der Waals surface area (Å²) in [4.78, 5) is 0. The fourth-order valence-electron chi connectivity index (χ4n) is 1.91. The molecule has 1 unspecified atom stereocenters. The third-order valence-electron chi connectivity index (χ3n) is 3.09. The zero-order chi connectivity index (χ0) is 15.9. The van der Waals surface area contributed by atoms with Crippen LogP contribution in [0, 0.1) is 12.8 Å². The summed E-state index contributed by atoms with van der Waals surface area (Å²) in [5, 5.41) is 9.97. The molecular weight excluding hydrogens is 292 g/mol. The first-order chi connectivity index (χ1) is 9.92. The van der Waals surface area contributed by atoms with Gasteiger partial charge in [0.05, 0.1) is 0 Å². The van der Waals surface area contributed by atoms with Crippen molar-refractivity contribution in [3.63, 3.8) is 0 Å². The summed E-state index contributed by atoms with van der Waals surface area (Å²) >= 11 is 0. The summed E-state index contributed by atoms with van der Waals surface area (Å²) in [7, 11) is -2.01. The Morgan fingerprint density at radius 2 is 2.14 bits per heavy atom. The van der Waals surface area contributed by atoms with E-state index in [1.54, 1.807) is 7.11 Å². The number of aryl methyl sites for hydroxylation is 1. The Kier molecular flexibility index (Phi) is 7.30. The van der Waals surface area contributed by atoms with Crippen LogP contribution in [0.15, 0.2) is 5.03 Å². The van der Waals surface area contributed by atoms with Gasteiger partial charge in [-0.25, -0.2) is 13.1 Å². The second kappa shape index (κ2) is 8.47. The van der Waals surface area contributed by atoms with Crippen molar-refractivity contribution in [3.05, 3.63) is 11.3 Å². The minimum absolute atomic E-state index is 0.0771. The lowest BCUT2D eigenvalue weighted by Crippen LogP contribution is -2.31. The molecule has 8 heteroatoms. The van der Waals surface area contributed by atoms with E-state index in [2.05, 4.69) is 27.2 Å². The van der Waals surface area contributed by atoms with Crippen LogP contribution in [0.2, 0.25) is 0 Å². The summed E-state index contributed by atoms with van der Waals surface area (Å²) in [5.74, 6) is 0.103. The topological polar surface area (TPSA) is 96.1 Å². The van der Waals surface area contributed by atoms with Crippen LogP contribution in [0.3, 0.4) is 0 Å². The molecule has 1 rings (SSSR count). The number of methoxy groups -OCH3 is 1. The van der Waals surface area contributed by atoms with Gasteiger partial charge in [-0.05, 0) is 25.8 Å². The van der Waals surface area contributed by atoms with Gasteiger partial charge >= 0.3 is 0 Å². The average molecular weight is 318 g/mol. The Hall–Kier alpha value is -0.960. The molecule has 0 aliphatic carbocycles. The van der Waals surface area contributed by atoms with Crippen molar-refractivity contribution < 1.29 is 13.2 Å².